The van der Waals surface area contributed by atoms with E-state index in [1.54, 1.807) is 45.0 Å². The molecule has 0 saturated heterocycles. The number of rotatable bonds is 6. The van der Waals surface area contributed by atoms with Crippen molar-refractivity contribution in [3.63, 3.8) is 0 Å². The molecule has 1 heterocycles. The summed E-state index contributed by atoms with van der Waals surface area (Å²) in [5.41, 5.74) is -0.0916. The van der Waals surface area contributed by atoms with E-state index in [2.05, 4.69) is 6.07 Å². The molecule has 0 N–H and O–H groups in total. The number of benzene rings is 2. The molecule has 0 atom stereocenters. The van der Waals surface area contributed by atoms with Crippen LogP contribution in [0.3, 0.4) is 0 Å². The van der Waals surface area contributed by atoms with E-state index in [1.165, 1.54) is 24.1 Å². The number of amides is 1. The number of carbonyl (C=O) groups excluding carboxylic acids is 3. The normalized spacial score (nSPS) is 12.9. The zero-order valence-corrected chi connectivity index (χ0v) is 17.9. The lowest BCUT2D eigenvalue weighted by atomic mass is 10.1. The van der Waals surface area contributed by atoms with Crippen molar-refractivity contribution in [3.8, 4) is 11.5 Å². The molecule has 1 amide bonds. The standard InChI is InChI=1S/C23H24NO7/c1-23(2,3)31-20(25)14-24-17-13-15(22(27)29-12-11-28-4)9-10-19(17)30-18-8-6-5-7-16(18)21(24)26/h5-6,8-10,13H,11-12,14H2,1-4H3. The van der Waals surface area contributed by atoms with Gasteiger partial charge in [0.25, 0.3) is 5.91 Å². The van der Waals surface area contributed by atoms with Crippen LogP contribution in [-0.4, -0.2) is 50.3 Å². The average Bonchev–Trinajstić information content (AvgIpc) is 2.81. The van der Waals surface area contributed by atoms with E-state index in [1.807, 2.05) is 0 Å². The zero-order valence-electron chi connectivity index (χ0n) is 17.9. The third-order valence-electron chi connectivity index (χ3n) is 4.21. The van der Waals surface area contributed by atoms with Gasteiger partial charge in [0.1, 0.15) is 24.5 Å². The second-order valence-electron chi connectivity index (χ2n) is 7.80. The van der Waals surface area contributed by atoms with Gasteiger partial charge in [0.2, 0.25) is 0 Å². The summed E-state index contributed by atoms with van der Waals surface area (Å²) in [5, 5.41) is 0. The fourth-order valence-electron chi connectivity index (χ4n) is 2.94. The highest BCUT2D eigenvalue weighted by Gasteiger charge is 2.32. The van der Waals surface area contributed by atoms with Gasteiger partial charge in [-0.15, -0.1) is 0 Å². The van der Waals surface area contributed by atoms with Crippen LogP contribution in [0.25, 0.3) is 0 Å². The van der Waals surface area contributed by atoms with Gasteiger partial charge in [0.15, 0.2) is 5.75 Å². The van der Waals surface area contributed by atoms with Crippen molar-refractivity contribution in [3.05, 3.63) is 53.6 Å². The van der Waals surface area contributed by atoms with E-state index in [0.29, 0.717) is 11.5 Å². The van der Waals surface area contributed by atoms with Gasteiger partial charge in [0, 0.05) is 7.11 Å². The molecular formula is C23H24NO7. The molecule has 163 valence electrons. The molecule has 1 aliphatic heterocycles. The smallest absolute Gasteiger partial charge is 0.338 e. The maximum absolute atomic E-state index is 13.3. The summed E-state index contributed by atoms with van der Waals surface area (Å²) in [4.78, 5) is 39.4. The number of hydrogen-bond donors (Lipinski definition) is 0. The maximum atomic E-state index is 13.3. The molecule has 1 aliphatic rings. The molecule has 0 bridgehead atoms. The van der Waals surface area contributed by atoms with Crippen molar-refractivity contribution in [2.24, 2.45) is 0 Å². The first-order chi connectivity index (χ1) is 14.7. The average molecular weight is 426 g/mol. The monoisotopic (exact) mass is 426 g/mol. The summed E-state index contributed by atoms with van der Waals surface area (Å²) in [6, 6.07) is 12.3. The maximum Gasteiger partial charge on any atom is 0.338 e. The summed E-state index contributed by atoms with van der Waals surface area (Å²) < 4.78 is 21.3. The lowest BCUT2D eigenvalue weighted by Gasteiger charge is -2.25. The molecular weight excluding hydrogens is 402 g/mol. The van der Waals surface area contributed by atoms with Crippen molar-refractivity contribution in [1.29, 1.82) is 0 Å². The Labute approximate surface area is 180 Å². The van der Waals surface area contributed by atoms with Crippen LogP contribution in [0.1, 0.15) is 41.5 Å². The number of carbonyl (C=O) groups is 3. The third kappa shape index (κ3) is 5.40. The number of esters is 2. The summed E-state index contributed by atoms with van der Waals surface area (Å²) in [6.45, 7) is 5.20. The van der Waals surface area contributed by atoms with Crippen LogP contribution in [0, 0.1) is 6.07 Å². The van der Waals surface area contributed by atoms with E-state index in [9.17, 15) is 14.4 Å². The number of hydrogen-bond acceptors (Lipinski definition) is 7. The molecule has 3 rings (SSSR count). The van der Waals surface area contributed by atoms with E-state index in [-0.39, 0.29) is 36.6 Å². The van der Waals surface area contributed by atoms with Gasteiger partial charge < -0.3 is 18.9 Å². The van der Waals surface area contributed by atoms with Crippen molar-refractivity contribution >= 4 is 23.5 Å². The molecule has 0 spiro atoms. The van der Waals surface area contributed by atoms with Crippen LogP contribution >= 0.6 is 0 Å². The van der Waals surface area contributed by atoms with Gasteiger partial charge in [0.05, 0.1) is 23.4 Å². The van der Waals surface area contributed by atoms with Crippen LogP contribution in [0.5, 0.6) is 11.5 Å². The van der Waals surface area contributed by atoms with Gasteiger partial charge in [-0.1, -0.05) is 12.1 Å². The van der Waals surface area contributed by atoms with Gasteiger partial charge in [-0.05, 0) is 51.1 Å². The Bertz CT molecular complexity index is 994. The minimum absolute atomic E-state index is 0.0872. The summed E-state index contributed by atoms with van der Waals surface area (Å²) in [7, 11) is 1.50. The number of anilines is 1. The van der Waals surface area contributed by atoms with Gasteiger partial charge >= 0.3 is 11.9 Å². The van der Waals surface area contributed by atoms with E-state index < -0.39 is 23.4 Å². The Kier molecular flexibility index (Phi) is 6.60. The summed E-state index contributed by atoms with van der Waals surface area (Å²) >= 11 is 0. The number of fused-ring (bicyclic) bond motifs is 2. The molecule has 31 heavy (non-hydrogen) atoms. The zero-order chi connectivity index (χ0) is 22.6. The molecule has 0 unspecified atom stereocenters. The second-order valence-corrected chi connectivity index (χ2v) is 7.80. The molecule has 0 fully saturated rings. The predicted octanol–water partition coefficient (Wildman–Crippen LogP) is 3.38. The van der Waals surface area contributed by atoms with Gasteiger partial charge in [-0.2, -0.15) is 0 Å². The summed E-state index contributed by atoms with van der Waals surface area (Å²) in [6.07, 6.45) is 0. The SMILES string of the molecule is COCCOC(=O)c1ccc2c(c1)N(CC(=O)OC(C)(C)C)C(=O)c1[c]cccc1O2. The van der Waals surface area contributed by atoms with Crippen molar-refractivity contribution in [2.75, 3.05) is 31.8 Å². The highest BCUT2D eigenvalue weighted by atomic mass is 16.6. The molecule has 0 aliphatic carbocycles. The van der Waals surface area contributed by atoms with Crippen molar-refractivity contribution in [2.45, 2.75) is 26.4 Å². The van der Waals surface area contributed by atoms with Crippen LogP contribution in [0.15, 0.2) is 36.4 Å². The Morgan fingerprint density at radius 1 is 1.13 bits per heavy atom. The Balaban J connectivity index is 1.99. The van der Waals surface area contributed by atoms with Crippen LogP contribution < -0.4 is 9.64 Å². The lowest BCUT2D eigenvalue weighted by Crippen LogP contribution is -2.38. The first-order valence-electron chi connectivity index (χ1n) is 9.72. The largest absolute Gasteiger partial charge is 0.460 e. The quantitative estimate of drug-likeness (QED) is 0.516. The number of ether oxygens (including phenoxy) is 4. The van der Waals surface area contributed by atoms with Crippen molar-refractivity contribution in [1.82, 2.24) is 0 Å². The molecule has 2 aromatic rings. The lowest BCUT2D eigenvalue weighted by molar-refractivity contribution is -0.152. The highest BCUT2D eigenvalue weighted by Crippen LogP contribution is 2.39. The molecule has 2 aromatic carbocycles. The third-order valence-corrected chi connectivity index (χ3v) is 4.21. The van der Waals surface area contributed by atoms with Gasteiger partial charge in [-0.25, -0.2) is 4.79 Å². The Hall–Kier alpha value is -3.39. The first-order valence-corrected chi connectivity index (χ1v) is 9.72. The van der Waals surface area contributed by atoms with E-state index in [4.69, 9.17) is 18.9 Å². The van der Waals surface area contributed by atoms with Crippen molar-refractivity contribution < 1.29 is 33.3 Å². The Morgan fingerprint density at radius 3 is 2.61 bits per heavy atom. The second kappa shape index (κ2) is 9.18. The van der Waals surface area contributed by atoms with Crippen LogP contribution in [-0.2, 0) is 19.0 Å². The molecule has 0 aromatic heterocycles. The minimum Gasteiger partial charge on any atom is -0.460 e. The number of methoxy groups -OCH3 is 1. The van der Waals surface area contributed by atoms with E-state index >= 15 is 0 Å². The highest BCUT2D eigenvalue weighted by molar-refractivity contribution is 6.12. The fraction of sp³-hybridized carbons (Fsp3) is 0.348. The Morgan fingerprint density at radius 2 is 1.90 bits per heavy atom. The van der Waals surface area contributed by atoms with Crippen LogP contribution in [0.2, 0.25) is 0 Å². The predicted molar refractivity (Wildman–Crippen MR) is 111 cm³/mol. The molecule has 1 radical (unpaired) electrons. The number of nitrogens with zero attached hydrogens (tertiary/aromatic N) is 1. The minimum atomic E-state index is -0.720. The van der Waals surface area contributed by atoms with Crippen LogP contribution in [0.4, 0.5) is 5.69 Å². The molecule has 8 nitrogen and oxygen atoms in total. The fourth-order valence-corrected chi connectivity index (χ4v) is 2.94. The van der Waals surface area contributed by atoms with Gasteiger partial charge in [-0.3, -0.25) is 14.5 Å². The summed E-state index contributed by atoms with van der Waals surface area (Å²) in [5.74, 6) is -1.07. The molecule has 8 heteroatoms. The first kappa shape index (κ1) is 22.3. The van der Waals surface area contributed by atoms with E-state index in [0.717, 1.165) is 0 Å². The topological polar surface area (TPSA) is 91.4 Å². The molecule has 0 saturated carbocycles.